The number of nitro groups is 1. The van der Waals surface area contributed by atoms with Gasteiger partial charge in [-0.15, -0.1) is 0 Å². The quantitative estimate of drug-likeness (QED) is 0.637. The van der Waals surface area contributed by atoms with Gasteiger partial charge >= 0.3 is 5.97 Å². The topological polar surface area (TPSA) is 128 Å². The molecule has 2 aromatic rings. The van der Waals surface area contributed by atoms with Crippen molar-refractivity contribution in [1.29, 1.82) is 0 Å². The van der Waals surface area contributed by atoms with Crippen LogP contribution in [0.4, 0.5) is 5.69 Å². The Balaban J connectivity index is 1.81. The molecule has 10 heteroatoms. The molecule has 1 aromatic heterocycles. The van der Waals surface area contributed by atoms with Gasteiger partial charge in [0, 0.05) is 24.9 Å². The predicted molar refractivity (Wildman–Crippen MR) is 83.5 cm³/mol. The Morgan fingerprint density at radius 1 is 1.32 bits per heavy atom. The Morgan fingerprint density at radius 2 is 2.04 bits per heavy atom. The van der Waals surface area contributed by atoms with E-state index in [0.29, 0.717) is 5.69 Å². The van der Waals surface area contributed by atoms with Crippen molar-refractivity contribution >= 4 is 17.6 Å². The fraction of sp³-hybridized carbons (Fsp3) is 0.267. The van der Waals surface area contributed by atoms with Gasteiger partial charge in [-0.25, -0.2) is 9.48 Å². The van der Waals surface area contributed by atoms with Gasteiger partial charge in [0.1, 0.15) is 0 Å². The van der Waals surface area contributed by atoms with Crippen LogP contribution in [0.15, 0.2) is 36.7 Å². The summed E-state index contributed by atoms with van der Waals surface area (Å²) in [6.45, 7) is 0.391. The minimum atomic E-state index is -1.13. The van der Waals surface area contributed by atoms with Crippen LogP contribution in [-0.4, -0.2) is 62.4 Å². The van der Waals surface area contributed by atoms with Crippen molar-refractivity contribution in [3.05, 3.63) is 52.3 Å². The van der Waals surface area contributed by atoms with Crippen molar-refractivity contribution in [2.75, 3.05) is 19.8 Å². The summed E-state index contributed by atoms with van der Waals surface area (Å²) in [6, 6.07) is 4.65. The molecule has 1 aliphatic heterocycles. The SMILES string of the molecule is O=C(O)C1COCCN1C(=O)c1cnn(-c2ccc([N+](=O)[O-])cc2)c1. The molecule has 0 aliphatic carbocycles. The smallest absolute Gasteiger partial charge is 0.328 e. The second-order valence-corrected chi connectivity index (χ2v) is 5.37. The molecule has 10 nitrogen and oxygen atoms in total. The van der Waals surface area contributed by atoms with E-state index in [2.05, 4.69) is 5.10 Å². The number of morpholine rings is 1. The summed E-state index contributed by atoms with van der Waals surface area (Å²) in [7, 11) is 0. The standard InChI is InChI=1S/C15H14N4O6/c20-14(17-5-6-25-9-13(17)15(21)22)10-7-16-18(8-10)11-1-3-12(4-2-11)19(23)24/h1-4,7-8,13H,5-6,9H2,(H,21,22). The number of aromatic nitrogens is 2. The molecule has 0 radical (unpaired) electrons. The van der Waals surface area contributed by atoms with Gasteiger partial charge in [0.25, 0.3) is 11.6 Å². The number of hydrogen-bond donors (Lipinski definition) is 1. The van der Waals surface area contributed by atoms with Gasteiger partial charge in [-0.2, -0.15) is 5.10 Å². The van der Waals surface area contributed by atoms with Crippen molar-refractivity contribution in [3.63, 3.8) is 0 Å². The van der Waals surface area contributed by atoms with Crippen molar-refractivity contribution in [2.24, 2.45) is 0 Å². The summed E-state index contributed by atoms with van der Waals surface area (Å²) in [5, 5.41) is 24.0. The maximum Gasteiger partial charge on any atom is 0.328 e. The first kappa shape index (κ1) is 16.6. The van der Waals surface area contributed by atoms with Crippen LogP contribution >= 0.6 is 0 Å². The zero-order valence-corrected chi connectivity index (χ0v) is 12.9. The molecule has 1 N–H and O–H groups in total. The number of carboxylic acid groups (broad SMARTS) is 1. The van der Waals surface area contributed by atoms with Crippen molar-refractivity contribution in [3.8, 4) is 5.69 Å². The number of carboxylic acids is 1. The normalized spacial score (nSPS) is 17.3. The molecular formula is C15H14N4O6. The molecule has 0 saturated carbocycles. The van der Waals surface area contributed by atoms with Gasteiger partial charge in [0.15, 0.2) is 6.04 Å². The van der Waals surface area contributed by atoms with Crippen LogP contribution in [0.2, 0.25) is 0 Å². The van der Waals surface area contributed by atoms with Crippen LogP contribution in [0.1, 0.15) is 10.4 Å². The average molecular weight is 346 g/mol. The third kappa shape index (κ3) is 3.33. The molecular weight excluding hydrogens is 332 g/mol. The highest BCUT2D eigenvalue weighted by atomic mass is 16.6. The third-order valence-corrected chi connectivity index (χ3v) is 3.83. The first-order valence-electron chi connectivity index (χ1n) is 7.38. The van der Waals surface area contributed by atoms with Crippen LogP contribution < -0.4 is 0 Å². The van der Waals surface area contributed by atoms with E-state index in [1.54, 1.807) is 0 Å². The zero-order valence-electron chi connectivity index (χ0n) is 12.9. The van der Waals surface area contributed by atoms with E-state index in [1.165, 1.54) is 46.2 Å². The lowest BCUT2D eigenvalue weighted by atomic mass is 10.2. The molecule has 0 bridgehead atoms. The minimum absolute atomic E-state index is 0.0511. The highest BCUT2D eigenvalue weighted by Crippen LogP contribution is 2.17. The number of benzene rings is 1. The van der Waals surface area contributed by atoms with Crippen LogP contribution in [0.3, 0.4) is 0 Å². The second kappa shape index (κ2) is 6.69. The van der Waals surface area contributed by atoms with Crippen molar-refractivity contribution in [2.45, 2.75) is 6.04 Å². The number of ether oxygens (including phenoxy) is 1. The van der Waals surface area contributed by atoms with E-state index in [9.17, 15) is 24.8 Å². The second-order valence-electron chi connectivity index (χ2n) is 5.37. The van der Waals surface area contributed by atoms with Gasteiger partial charge in [0.05, 0.1) is 35.6 Å². The summed E-state index contributed by atoms with van der Waals surface area (Å²) in [6.07, 6.45) is 2.79. The summed E-state index contributed by atoms with van der Waals surface area (Å²) >= 11 is 0. The Labute approximate surface area is 141 Å². The number of rotatable bonds is 4. The lowest BCUT2D eigenvalue weighted by Crippen LogP contribution is -2.52. The number of amides is 1. The molecule has 1 unspecified atom stereocenters. The number of hydrogen-bond acceptors (Lipinski definition) is 6. The molecule has 1 fully saturated rings. The van der Waals surface area contributed by atoms with Crippen LogP contribution in [0.25, 0.3) is 5.69 Å². The molecule has 1 saturated heterocycles. The number of nitrogens with zero attached hydrogens (tertiary/aromatic N) is 4. The fourth-order valence-corrected chi connectivity index (χ4v) is 2.52. The molecule has 25 heavy (non-hydrogen) atoms. The summed E-state index contributed by atoms with van der Waals surface area (Å²) < 4.78 is 6.51. The Morgan fingerprint density at radius 3 is 2.68 bits per heavy atom. The Kier molecular flexibility index (Phi) is 4.44. The van der Waals surface area contributed by atoms with Crippen LogP contribution in [-0.2, 0) is 9.53 Å². The fourth-order valence-electron chi connectivity index (χ4n) is 2.52. The van der Waals surface area contributed by atoms with Gasteiger partial charge in [-0.05, 0) is 12.1 Å². The average Bonchev–Trinajstić information content (AvgIpc) is 3.11. The monoisotopic (exact) mass is 346 g/mol. The van der Waals surface area contributed by atoms with Gasteiger partial charge < -0.3 is 14.7 Å². The molecule has 1 aliphatic rings. The number of aliphatic carboxylic acids is 1. The largest absolute Gasteiger partial charge is 0.480 e. The van der Waals surface area contributed by atoms with Crippen molar-refractivity contribution in [1.82, 2.24) is 14.7 Å². The molecule has 0 spiro atoms. The highest BCUT2D eigenvalue weighted by Gasteiger charge is 2.33. The van der Waals surface area contributed by atoms with Crippen molar-refractivity contribution < 1.29 is 24.4 Å². The third-order valence-electron chi connectivity index (χ3n) is 3.83. The maximum atomic E-state index is 12.6. The van der Waals surface area contributed by atoms with E-state index in [0.717, 1.165) is 0 Å². The summed E-state index contributed by atoms with van der Waals surface area (Å²) in [5.74, 6) is -1.58. The molecule has 2 heterocycles. The number of nitro benzene ring substituents is 1. The maximum absolute atomic E-state index is 12.6. The highest BCUT2D eigenvalue weighted by molar-refractivity contribution is 5.96. The molecule has 3 rings (SSSR count). The van der Waals surface area contributed by atoms with E-state index in [4.69, 9.17) is 4.74 Å². The Hall–Kier alpha value is -3.27. The van der Waals surface area contributed by atoms with Gasteiger partial charge in [0.2, 0.25) is 0 Å². The van der Waals surface area contributed by atoms with E-state index < -0.39 is 22.8 Å². The number of non-ortho nitro benzene ring substituents is 1. The minimum Gasteiger partial charge on any atom is -0.480 e. The number of carbonyl (C=O) groups excluding carboxylic acids is 1. The summed E-state index contributed by atoms with van der Waals surface area (Å²) in [5.41, 5.74) is 0.720. The molecule has 130 valence electrons. The number of carbonyl (C=O) groups is 2. The Bertz CT molecular complexity index is 816. The zero-order chi connectivity index (χ0) is 18.0. The van der Waals surface area contributed by atoms with Gasteiger partial charge in [-0.3, -0.25) is 14.9 Å². The molecule has 1 amide bonds. The summed E-state index contributed by atoms with van der Waals surface area (Å²) in [4.78, 5) is 35.2. The van der Waals surface area contributed by atoms with Crippen LogP contribution in [0.5, 0.6) is 0 Å². The first-order valence-corrected chi connectivity index (χ1v) is 7.38. The predicted octanol–water partition coefficient (Wildman–Crippen LogP) is 0.706. The lowest BCUT2D eigenvalue weighted by Gasteiger charge is -2.32. The molecule has 1 aromatic carbocycles. The van der Waals surface area contributed by atoms with E-state index in [1.807, 2.05) is 0 Å². The van der Waals surface area contributed by atoms with E-state index >= 15 is 0 Å². The molecule has 1 atom stereocenters. The van der Waals surface area contributed by atoms with Gasteiger partial charge in [-0.1, -0.05) is 0 Å². The first-order chi connectivity index (χ1) is 12.0. The van der Waals surface area contributed by atoms with Crippen LogP contribution in [0, 0.1) is 10.1 Å². The lowest BCUT2D eigenvalue weighted by molar-refractivity contribution is -0.384. The van der Waals surface area contributed by atoms with E-state index in [-0.39, 0.29) is 31.0 Å².